The van der Waals surface area contributed by atoms with E-state index < -0.39 is 0 Å². The zero-order valence-corrected chi connectivity index (χ0v) is 9.50. The Bertz CT molecular complexity index is 197. The lowest BCUT2D eigenvalue weighted by molar-refractivity contribution is -0.126. The number of hydrogen-bond donors (Lipinski definition) is 2. The second kappa shape index (κ2) is 6.80. The Morgan fingerprint density at radius 3 is 2.87 bits per heavy atom. The monoisotopic (exact) mass is 214 g/mol. The third-order valence-corrected chi connectivity index (χ3v) is 2.75. The predicted molar refractivity (Wildman–Crippen MR) is 59.5 cm³/mol. The lowest BCUT2D eigenvalue weighted by atomic mass is 9.91. The van der Waals surface area contributed by atoms with E-state index in [1.165, 1.54) is 6.42 Å². The standard InChI is InChI=1S/C11H22N2O2/c1-2-7-15-8-11(14)13-10-6-4-3-5-9(10)12/h9-10H,2-8,12H2,1H3,(H,13,14)/t9-,10-/m1/s1. The van der Waals surface area contributed by atoms with Crippen LogP contribution >= 0.6 is 0 Å². The summed E-state index contributed by atoms with van der Waals surface area (Å²) in [6.45, 7) is 2.83. The van der Waals surface area contributed by atoms with Crippen LogP contribution in [0.15, 0.2) is 0 Å². The minimum absolute atomic E-state index is 0.0363. The van der Waals surface area contributed by atoms with Crippen LogP contribution in [0.5, 0.6) is 0 Å². The van der Waals surface area contributed by atoms with Crippen LogP contribution in [0, 0.1) is 0 Å². The Kier molecular flexibility index (Phi) is 5.65. The summed E-state index contributed by atoms with van der Waals surface area (Å²) < 4.78 is 5.17. The molecule has 0 aromatic heterocycles. The lowest BCUT2D eigenvalue weighted by Gasteiger charge is -2.29. The topological polar surface area (TPSA) is 64.3 Å². The van der Waals surface area contributed by atoms with Crippen molar-refractivity contribution in [2.75, 3.05) is 13.2 Å². The molecule has 1 aliphatic rings. The smallest absolute Gasteiger partial charge is 0.246 e. The lowest BCUT2D eigenvalue weighted by Crippen LogP contribution is -2.50. The molecule has 1 rings (SSSR count). The molecule has 1 aliphatic carbocycles. The van der Waals surface area contributed by atoms with E-state index in [1.807, 2.05) is 6.92 Å². The van der Waals surface area contributed by atoms with Gasteiger partial charge in [-0.1, -0.05) is 19.8 Å². The van der Waals surface area contributed by atoms with Gasteiger partial charge in [-0.25, -0.2) is 0 Å². The van der Waals surface area contributed by atoms with Gasteiger partial charge < -0.3 is 15.8 Å². The van der Waals surface area contributed by atoms with Crippen molar-refractivity contribution in [2.24, 2.45) is 5.73 Å². The average molecular weight is 214 g/mol. The van der Waals surface area contributed by atoms with Gasteiger partial charge in [0, 0.05) is 18.7 Å². The number of nitrogens with one attached hydrogen (secondary N) is 1. The molecular formula is C11H22N2O2. The first-order valence-electron chi connectivity index (χ1n) is 5.86. The van der Waals surface area contributed by atoms with E-state index in [0.29, 0.717) is 6.61 Å². The Morgan fingerprint density at radius 1 is 1.47 bits per heavy atom. The zero-order valence-electron chi connectivity index (χ0n) is 9.50. The van der Waals surface area contributed by atoms with E-state index in [2.05, 4.69) is 5.32 Å². The van der Waals surface area contributed by atoms with E-state index in [1.54, 1.807) is 0 Å². The highest BCUT2D eigenvalue weighted by molar-refractivity contribution is 5.77. The minimum Gasteiger partial charge on any atom is -0.372 e. The van der Waals surface area contributed by atoms with Crippen LogP contribution in [0.2, 0.25) is 0 Å². The Balaban J connectivity index is 2.18. The number of amides is 1. The van der Waals surface area contributed by atoms with Crippen LogP contribution in [0.3, 0.4) is 0 Å². The van der Waals surface area contributed by atoms with E-state index in [9.17, 15) is 4.79 Å². The summed E-state index contributed by atoms with van der Waals surface area (Å²) in [4.78, 5) is 11.4. The maximum atomic E-state index is 11.4. The summed E-state index contributed by atoms with van der Waals surface area (Å²) >= 11 is 0. The van der Waals surface area contributed by atoms with Gasteiger partial charge >= 0.3 is 0 Å². The number of nitrogens with two attached hydrogens (primary N) is 1. The largest absolute Gasteiger partial charge is 0.372 e. The molecule has 4 heteroatoms. The highest BCUT2D eigenvalue weighted by atomic mass is 16.5. The Hall–Kier alpha value is -0.610. The van der Waals surface area contributed by atoms with E-state index in [4.69, 9.17) is 10.5 Å². The van der Waals surface area contributed by atoms with Gasteiger partial charge in [-0.15, -0.1) is 0 Å². The van der Waals surface area contributed by atoms with Crippen molar-refractivity contribution >= 4 is 5.91 Å². The fourth-order valence-electron chi connectivity index (χ4n) is 1.90. The molecule has 0 spiro atoms. The first-order valence-corrected chi connectivity index (χ1v) is 5.86. The molecule has 0 aliphatic heterocycles. The first kappa shape index (κ1) is 12.5. The van der Waals surface area contributed by atoms with Gasteiger partial charge in [0.15, 0.2) is 0 Å². The predicted octanol–water partition coefficient (Wildman–Crippen LogP) is 0.799. The van der Waals surface area contributed by atoms with Gasteiger partial charge in [0.1, 0.15) is 6.61 Å². The molecule has 88 valence electrons. The van der Waals surface area contributed by atoms with Gasteiger partial charge in [0.2, 0.25) is 5.91 Å². The van der Waals surface area contributed by atoms with Crippen LogP contribution in [0.4, 0.5) is 0 Å². The van der Waals surface area contributed by atoms with E-state index in [-0.39, 0.29) is 24.6 Å². The molecule has 0 heterocycles. The molecule has 0 unspecified atom stereocenters. The summed E-state index contributed by atoms with van der Waals surface area (Å²) in [6.07, 6.45) is 5.30. The normalized spacial score (nSPS) is 26.3. The maximum Gasteiger partial charge on any atom is 0.246 e. The summed E-state index contributed by atoms with van der Waals surface area (Å²) in [5.41, 5.74) is 5.93. The SMILES string of the molecule is CCCOCC(=O)N[C@@H]1CCCC[C@H]1N. The summed E-state index contributed by atoms with van der Waals surface area (Å²) in [5.74, 6) is -0.0363. The van der Waals surface area contributed by atoms with Gasteiger partial charge in [0.25, 0.3) is 0 Å². The summed E-state index contributed by atoms with van der Waals surface area (Å²) in [5, 5.41) is 2.94. The highest BCUT2D eigenvalue weighted by Crippen LogP contribution is 2.16. The Morgan fingerprint density at radius 2 is 2.20 bits per heavy atom. The van der Waals surface area contributed by atoms with Crippen molar-refractivity contribution in [2.45, 2.75) is 51.1 Å². The highest BCUT2D eigenvalue weighted by Gasteiger charge is 2.22. The second-order valence-electron chi connectivity index (χ2n) is 4.17. The quantitative estimate of drug-likeness (QED) is 0.665. The molecule has 15 heavy (non-hydrogen) atoms. The molecule has 3 N–H and O–H groups in total. The van der Waals surface area contributed by atoms with Crippen molar-refractivity contribution < 1.29 is 9.53 Å². The van der Waals surface area contributed by atoms with E-state index in [0.717, 1.165) is 25.7 Å². The molecule has 0 aromatic carbocycles. The fourth-order valence-corrected chi connectivity index (χ4v) is 1.90. The van der Waals surface area contributed by atoms with Crippen LogP contribution in [-0.4, -0.2) is 31.2 Å². The van der Waals surface area contributed by atoms with Crippen molar-refractivity contribution in [1.29, 1.82) is 0 Å². The van der Waals surface area contributed by atoms with Gasteiger partial charge in [-0.3, -0.25) is 4.79 Å². The molecule has 1 saturated carbocycles. The maximum absolute atomic E-state index is 11.4. The van der Waals surface area contributed by atoms with Gasteiger partial charge in [0.05, 0.1) is 0 Å². The third kappa shape index (κ3) is 4.62. The molecule has 1 amide bonds. The molecule has 4 nitrogen and oxygen atoms in total. The van der Waals surface area contributed by atoms with Crippen molar-refractivity contribution in [3.63, 3.8) is 0 Å². The molecule has 0 bridgehead atoms. The van der Waals surface area contributed by atoms with Crippen molar-refractivity contribution in [3.8, 4) is 0 Å². The van der Waals surface area contributed by atoms with Gasteiger partial charge in [-0.05, 0) is 19.3 Å². The molecule has 0 aromatic rings. The number of hydrogen-bond acceptors (Lipinski definition) is 3. The van der Waals surface area contributed by atoms with Crippen LogP contribution in [0.1, 0.15) is 39.0 Å². The van der Waals surface area contributed by atoms with Crippen molar-refractivity contribution in [1.82, 2.24) is 5.32 Å². The molecule has 0 saturated heterocycles. The number of carbonyl (C=O) groups is 1. The van der Waals surface area contributed by atoms with Gasteiger partial charge in [-0.2, -0.15) is 0 Å². The summed E-state index contributed by atoms with van der Waals surface area (Å²) in [7, 11) is 0. The molecule has 2 atom stereocenters. The number of ether oxygens (including phenoxy) is 1. The van der Waals surface area contributed by atoms with Crippen LogP contribution in [-0.2, 0) is 9.53 Å². The molecule has 1 fully saturated rings. The minimum atomic E-state index is -0.0363. The zero-order chi connectivity index (χ0) is 11.1. The van der Waals surface area contributed by atoms with Crippen molar-refractivity contribution in [3.05, 3.63) is 0 Å². The fraction of sp³-hybridized carbons (Fsp3) is 0.909. The molecule has 0 radical (unpaired) electrons. The first-order chi connectivity index (χ1) is 7.24. The second-order valence-corrected chi connectivity index (χ2v) is 4.17. The van der Waals surface area contributed by atoms with E-state index >= 15 is 0 Å². The van der Waals surface area contributed by atoms with Crippen LogP contribution < -0.4 is 11.1 Å². The number of rotatable bonds is 5. The average Bonchev–Trinajstić information content (AvgIpc) is 2.22. The third-order valence-electron chi connectivity index (χ3n) is 2.75. The number of carbonyl (C=O) groups excluding carboxylic acids is 1. The summed E-state index contributed by atoms with van der Waals surface area (Å²) in [6, 6.07) is 0.269. The Labute approximate surface area is 91.5 Å². The van der Waals surface area contributed by atoms with Crippen LogP contribution in [0.25, 0.3) is 0 Å². The molecular weight excluding hydrogens is 192 g/mol.